The standard InChI is InChI=1S/C15H15FN2O2S2/c1-2-3-4-7-21-22-15-18-17-14(20-15)13-9-10-8-11(16)5-6-12(10)19-13/h5-6,8-9H,2-4,7H2,1H3. The molecule has 0 aliphatic rings. The van der Waals surface area contributed by atoms with Gasteiger partial charge >= 0.3 is 0 Å². The lowest BCUT2D eigenvalue weighted by Crippen LogP contribution is -1.76. The van der Waals surface area contributed by atoms with E-state index in [1.54, 1.807) is 22.9 Å². The molecule has 0 spiro atoms. The predicted octanol–water partition coefficient (Wildman–Crippen LogP) is 5.55. The van der Waals surface area contributed by atoms with Crippen LogP contribution in [0.1, 0.15) is 26.2 Å². The molecule has 3 aromatic rings. The summed E-state index contributed by atoms with van der Waals surface area (Å²) in [7, 11) is 3.17. The summed E-state index contributed by atoms with van der Waals surface area (Å²) >= 11 is 0. The fourth-order valence-electron chi connectivity index (χ4n) is 1.97. The van der Waals surface area contributed by atoms with Crippen molar-refractivity contribution in [3.63, 3.8) is 0 Å². The van der Waals surface area contributed by atoms with Crippen LogP contribution in [0.15, 0.2) is 38.3 Å². The van der Waals surface area contributed by atoms with Crippen LogP contribution in [-0.2, 0) is 0 Å². The van der Waals surface area contributed by atoms with E-state index in [4.69, 9.17) is 8.83 Å². The molecule has 0 radical (unpaired) electrons. The minimum Gasteiger partial charge on any atom is -0.451 e. The number of fused-ring (bicyclic) bond motifs is 1. The molecule has 7 heteroatoms. The lowest BCUT2D eigenvalue weighted by atomic mass is 10.2. The van der Waals surface area contributed by atoms with Crippen LogP contribution < -0.4 is 0 Å². The molecule has 0 atom stereocenters. The number of hydrogen-bond donors (Lipinski definition) is 0. The number of benzene rings is 1. The van der Waals surface area contributed by atoms with E-state index in [9.17, 15) is 4.39 Å². The van der Waals surface area contributed by atoms with Gasteiger partial charge in [0, 0.05) is 21.9 Å². The predicted molar refractivity (Wildman–Crippen MR) is 87.3 cm³/mol. The first kappa shape index (κ1) is 15.4. The van der Waals surface area contributed by atoms with Crippen LogP contribution in [-0.4, -0.2) is 16.0 Å². The molecule has 4 nitrogen and oxygen atoms in total. The molecule has 0 unspecified atom stereocenters. The maximum absolute atomic E-state index is 13.2. The van der Waals surface area contributed by atoms with E-state index in [-0.39, 0.29) is 5.82 Å². The molecule has 0 aliphatic carbocycles. The molecule has 116 valence electrons. The number of halogens is 1. The summed E-state index contributed by atoms with van der Waals surface area (Å²) in [6.07, 6.45) is 3.63. The number of furan rings is 1. The molecule has 1 aromatic carbocycles. The van der Waals surface area contributed by atoms with Crippen LogP contribution in [0.4, 0.5) is 4.39 Å². The fraction of sp³-hybridized carbons (Fsp3) is 0.333. The maximum atomic E-state index is 13.2. The van der Waals surface area contributed by atoms with Gasteiger partial charge in [0.1, 0.15) is 11.4 Å². The Balaban J connectivity index is 1.67. The van der Waals surface area contributed by atoms with Crippen LogP contribution >= 0.6 is 21.6 Å². The minimum absolute atomic E-state index is 0.301. The highest BCUT2D eigenvalue weighted by atomic mass is 33.1. The summed E-state index contributed by atoms with van der Waals surface area (Å²) in [5, 5.41) is 9.15. The summed E-state index contributed by atoms with van der Waals surface area (Å²) in [5.74, 6) is 1.52. The van der Waals surface area contributed by atoms with Crippen LogP contribution in [0.5, 0.6) is 0 Å². The zero-order valence-corrected chi connectivity index (χ0v) is 13.7. The minimum atomic E-state index is -0.301. The van der Waals surface area contributed by atoms with Gasteiger partial charge in [-0.1, -0.05) is 35.7 Å². The molecule has 0 saturated carbocycles. The van der Waals surface area contributed by atoms with Crippen molar-refractivity contribution in [3.8, 4) is 11.7 Å². The summed E-state index contributed by atoms with van der Waals surface area (Å²) in [4.78, 5) is 0. The number of hydrogen-bond acceptors (Lipinski definition) is 6. The third kappa shape index (κ3) is 3.64. The third-order valence-corrected chi connectivity index (χ3v) is 5.22. The van der Waals surface area contributed by atoms with Gasteiger partial charge in [0.25, 0.3) is 11.1 Å². The fourth-order valence-corrected chi connectivity index (χ4v) is 3.77. The van der Waals surface area contributed by atoms with E-state index < -0.39 is 0 Å². The molecule has 0 bridgehead atoms. The van der Waals surface area contributed by atoms with Gasteiger partial charge in [0.2, 0.25) is 0 Å². The Morgan fingerprint density at radius 1 is 1.14 bits per heavy atom. The second kappa shape index (κ2) is 7.19. The van der Waals surface area contributed by atoms with Crippen molar-refractivity contribution in [1.82, 2.24) is 10.2 Å². The summed E-state index contributed by atoms with van der Waals surface area (Å²) in [5.41, 5.74) is 0.595. The molecular formula is C15H15FN2O2S2. The number of nitrogens with zero attached hydrogens (tertiary/aromatic N) is 2. The molecular weight excluding hydrogens is 323 g/mol. The van der Waals surface area contributed by atoms with Crippen molar-refractivity contribution < 1.29 is 13.2 Å². The number of aromatic nitrogens is 2. The van der Waals surface area contributed by atoms with E-state index in [1.165, 1.54) is 42.2 Å². The smallest absolute Gasteiger partial charge is 0.287 e. The van der Waals surface area contributed by atoms with Gasteiger partial charge in [-0.15, -0.1) is 5.10 Å². The molecule has 3 rings (SSSR count). The molecule has 0 saturated heterocycles. The highest BCUT2D eigenvalue weighted by Crippen LogP contribution is 2.34. The van der Waals surface area contributed by atoms with Gasteiger partial charge in [-0.25, -0.2) is 4.39 Å². The largest absolute Gasteiger partial charge is 0.451 e. The normalized spacial score (nSPS) is 11.4. The summed E-state index contributed by atoms with van der Waals surface area (Å²) in [6.45, 7) is 2.18. The Labute approximate surface area is 135 Å². The Kier molecular flexibility index (Phi) is 5.04. The SMILES string of the molecule is CCCCCSSc1nnc(-c2cc3cc(F)ccc3o2)o1. The molecule has 0 N–H and O–H groups in total. The molecule has 2 heterocycles. The van der Waals surface area contributed by atoms with Gasteiger partial charge in [-0.3, -0.25) is 0 Å². The number of unbranched alkanes of at least 4 members (excludes halogenated alkanes) is 2. The highest BCUT2D eigenvalue weighted by molar-refractivity contribution is 8.76. The van der Waals surface area contributed by atoms with Gasteiger partial charge in [0.05, 0.1) is 0 Å². The summed E-state index contributed by atoms with van der Waals surface area (Å²) in [6, 6.07) is 6.06. The molecule has 0 aliphatic heterocycles. The Morgan fingerprint density at radius 2 is 2.05 bits per heavy atom. The maximum Gasteiger partial charge on any atom is 0.287 e. The van der Waals surface area contributed by atoms with Crippen molar-refractivity contribution in [2.24, 2.45) is 0 Å². The summed E-state index contributed by atoms with van der Waals surface area (Å²) < 4.78 is 24.4. The highest BCUT2D eigenvalue weighted by Gasteiger charge is 2.14. The van der Waals surface area contributed by atoms with Crippen LogP contribution in [0, 0.1) is 5.82 Å². The second-order valence-electron chi connectivity index (χ2n) is 4.78. The van der Waals surface area contributed by atoms with Crippen LogP contribution in [0.25, 0.3) is 22.6 Å². The molecule has 0 fully saturated rings. The van der Waals surface area contributed by atoms with Crippen molar-refractivity contribution in [2.75, 3.05) is 5.75 Å². The quantitative estimate of drug-likeness (QED) is 0.416. The van der Waals surface area contributed by atoms with E-state index >= 15 is 0 Å². The first-order chi connectivity index (χ1) is 10.8. The van der Waals surface area contributed by atoms with Gasteiger partial charge < -0.3 is 8.83 Å². The van der Waals surface area contributed by atoms with Gasteiger partial charge in [0.15, 0.2) is 5.76 Å². The van der Waals surface area contributed by atoms with Gasteiger partial charge in [-0.2, -0.15) is 0 Å². The second-order valence-corrected chi connectivity index (χ2v) is 7.15. The van der Waals surface area contributed by atoms with Crippen LogP contribution in [0.3, 0.4) is 0 Å². The van der Waals surface area contributed by atoms with Crippen molar-refractivity contribution in [3.05, 3.63) is 30.1 Å². The lowest BCUT2D eigenvalue weighted by molar-refractivity contribution is 0.453. The molecule has 2 aromatic heterocycles. The zero-order valence-electron chi connectivity index (χ0n) is 12.0. The molecule has 0 amide bonds. The average molecular weight is 338 g/mol. The first-order valence-electron chi connectivity index (χ1n) is 7.08. The number of rotatable bonds is 7. The zero-order chi connectivity index (χ0) is 15.4. The third-order valence-electron chi connectivity index (χ3n) is 3.06. The van der Waals surface area contributed by atoms with E-state index in [0.29, 0.717) is 27.8 Å². The van der Waals surface area contributed by atoms with E-state index in [1.807, 2.05) is 0 Å². The lowest BCUT2D eigenvalue weighted by Gasteiger charge is -1.95. The van der Waals surface area contributed by atoms with Crippen molar-refractivity contribution in [2.45, 2.75) is 31.4 Å². The Morgan fingerprint density at radius 3 is 2.91 bits per heavy atom. The average Bonchev–Trinajstić information content (AvgIpc) is 3.12. The monoisotopic (exact) mass is 338 g/mol. The van der Waals surface area contributed by atoms with Crippen molar-refractivity contribution >= 4 is 32.6 Å². The first-order valence-corrected chi connectivity index (χ1v) is 9.40. The Hall–Kier alpha value is -1.47. The van der Waals surface area contributed by atoms with Crippen LogP contribution in [0.2, 0.25) is 0 Å². The van der Waals surface area contributed by atoms with E-state index in [0.717, 1.165) is 5.75 Å². The molecule has 22 heavy (non-hydrogen) atoms. The van der Waals surface area contributed by atoms with Crippen molar-refractivity contribution in [1.29, 1.82) is 0 Å². The van der Waals surface area contributed by atoms with Gasteiger partial charge in [-0.05, 0) is 30.7 Å². The Bertz CT molecular complexity index is 757. The topological polar surface area (TPSA) is 52.1 Å². The van der Waals surface area contributed by atoms with E-state index in [2.05, 4.69) is 17.1 Å².